The molecule has 1 heterocycles. The van der Waals surface area contributed by atoms with Crippen LogP contribution in [-0.2, 0) is 0 Å². The van der Waals surface area contributed by atoms with Crippen molar-refractivity contribution in [3.63, 3.8) is 0 Å². The second-order valence-electron chi connectivity index (χ2n) is 5.72. The predicted molar refractivity (Wildman–Crippen MR) is 80.7 cm³/mol. The summed E-state index contributed by atoms with van der Waals surface area (Å²) < 4.78 is 0. The number of aliphatic hydroxyl groups excluding tert-OH is 1. The number of aromatic carboxylic acids is 1. The zero-order valence-corrected chi connectivity index (χ0v) is 11.9. The Morgan fingerprint density at radius 2 is 2.10 bits per heavy atom. The number of fused-ring (bicyclic) bond motifs is 1. The van der Waals surface area contributed by atoms with E-state index in [1.165, 1.54) is 0 Å². The number of aromatic nitrogens is 1. The van der Waals surface area contributed by atoms with Crippen LogP contribution in [0.2, 0.25) is 0 Å². The van der Waals surface area contributed by atoms with Gasteiger partial charge in [0.25, 0.3) is 0 Å². The molecule has 0 spiro atoms. The summed E-state index contributed by atoms with van der Waals surface area (Å²) in [7, 11) is 1.96. The van der Waals surface area contributed by atoms with Crippen molar-refractivity contribution in [2.75, 3.05) is 18.5 Å². The minimum absolute atomic E-state index is 0.0594. The van der Waals surface area contributed by atoms with Crippen molar-refractivity contribution in [2.45, 2.75) is 18.9 Å². The van der Waals surface area contributed by atoms with Crippen LogP contribution in [0.5, 0.6) is 0 Å². The molecule has 0 atom stereocenters. The largest absolute Gasteiger partial charge is 0.477 e. The van der Waals surface area contributed by atoms with Gasteiger partial charge >= 0.3 is 5.97 Å². The van der Waals surface area contributed by atoms with Crippen LogP contribution in [-0.4, -0.2) is 40.9 Å². The van der Waals surface area contributed by atoms with Crippen LogP contribution in [0.4, 0.5) is 5.69 Å². The molecule has 110 valence electrons. The Hall–Kier alpha value is -2.14. The fraction of sp³-hybridized carbons (Fsp3) is 0.375. The molecule has 2 aromatic rings. The molecule has 0 saturated heterocycles. The molecule has 1 saturated carbocycles. The zero-order valence-electron chi connectivity index (χ0n) is 11.9. The normalized spacial score (nSPS) is 21.0. The maximum Gasteiger partial charge on any atom is 0.354 e. The highest BCUT2D eigenvalue weighted by Gasteiger charge is 2.28. The van der Waals surface area contributed by atoms with E-state index in [0.29, 0.717) is 11.4 Å². The molecule has 21 heavy (non-hydrogen) atoms. The highest BCUT2D eigenvalue weighted by atomic mass is 16.4. The summed E-state index contributed by atoms with van der Waals surface area (Å²) in [4.78, 5) is 17.5. The van der Waals surface area contributed by atoms with Crippen LogP contribution in [0.1, 0.15) is 23.3 Å². The number of carbonyl (C=O) groups is 1. The van der Waals surface area contributed by atoms with Gasteiger partial charge in [-0.1, -0.05) is 18.2 Å². The average molecular weight is 286 g/mol. The Labute approximate surface area is 122 Å². The van der Waals surface area contributed by atoms with Gasteiger partial charge in [0.2, 0.25) is 0 Å². The number of aliphatic hydroxyl groups is 1. The molecule has 1 fully saturated rings. The first-order valence-electron chi connectivity index (χ1n) is 7.07. The molecule has 0 amide bonds. The molecule has 5 heteroatoms. The van der Waals surface area contributed by atoms with Crippen molar-refractivity contribution in [2.24, 2.45) is 5.92 Å². The maximum atomic E-state index is 11.2. The average Bonchev–Trinajstić information content (AvgIpc) is 2.44. The second-order valence-corrected chi connectivity index (χ2v) is 5.72. The highest BCUT2D eigenvalue weighted by molar-refractivity contribution is 5.97. The van der Waals surface area contributed by atoms with E-state index in [0.717, 1.165) is 30.5 Å². The van der Waals surface area contributed by atoms with Gasteiger partial charge in [0, 0.05) is 24.7 Å². The molecule has 0 radical (unpaired) electrons. The third-order valence-electron chi connectivity index (χ3n) is 4.07. The van der Waals surface area contributed by atoms with Crippen molar-refractivity contribution in [3.05, 3.63) is 36.0 Å². The number of anilines is 1. The molecule has 1 aliphatic carbocycles. The number of nitrogens with zero attached hydrogens (tertiary/aromatic N) is 2. The monoisotopic (exact) mass is 286 g/mol. The molecule has 0 unspecified atom stereocenters. The molecule has 5 nitrogen and oxygen atoms in total. The number of para-hydroxylation sites is 1. The van der Waals surface area contributed by atoms with E-state index < -0.39 is 5.97 Å². The zero-order chi connectivity index (χ0) is 15.0. The lowest BCUT2D eigenvalue weighted by Crippen LogP contribution is -2.37. The first-order chi connectivity index (χ1) is 10.0. The Kier molecular flexibility index (Phi) is 3.51. The number of pyridine rings is 1. The topological polar surface area (TPSA) is 73.7 Å². The number of rotatable bonds is 4. The third-order valence-corrected chi connectivity index (χ3v) is 4.07. The molecule has 2 N–H and O–H groups in total. The van der Waals surface area contributed by atoms with E-state index in [1.54, 1.807) is 6.07 Å². The van der Waals surface area contributed by atoms with Crippen LogP contribution in [0.3, 0.4) is 0 Å². The van der Waals surface area contributed by atoms with Crippen LogP contribution in [0, 0.1) is 5.92 Å². The second kappa shape index (κ2) is 5.33. The molecular formula is C16H18N2O3. The van der Waals surface area contributed by atoms with E-state index in [2.05, 4.69) is 9.88 Å². The molecule has 1 aromatic heterocycles. The van der Waals surface area contributed by atoms with E-state index in [1.807, 2.05) is 31.3 Å². The number of carboxylic acids is 1. The Bertz CT molecular complexity index is 680. The first kappa shape index (κ1) is 13.8. The Balaban J connectivity index is 1.97. The van der Waals surface area contributed by atoms with Crippen molar-refractivity contribution in [1.29, 1.82) is 0 Å². The lowest BCUT2D eigenvalue weighted by Gasteiger charge is -2.35. The van der Waals surface area contributed by atoms with Crippen LogP contribution in [0.15, 0.2) is 30.3 Å². The predicted octanol–water partition coefficient (Wildman–Crippen LogP) is 2.14. The van der Waals surface area contributed by atoms with Crippen LogP contribution >= 0.6 is 0 Å². The summed E-state index contributed by atoms with van der Waals surface area (Å²) in [5.74, 6) is -0.556. The van der Waals surface area contributed by atoms with Gasteiger partial charge in [0.15, 0.2) is 5.69 Å². The smallest absolute Gasteiger partial charge is 0.354 e. The van der Waals surface area contributed by atoms with Gasteiger partial charge in [-0.25, -0.2) is 9.78 Å². The van der Waals surface area contributed by atoms with Gasteiger partial charge in [0.05, 0.1) is 11.6 Å². The summed E-state index contributed by atoms with van der Waals surface area (Å²) in [5.41, 5.74) is 1.62. The Morgan fingerprint density at radius 1 is 1.38 bits per heavy atom. The van der Waals surface area contributed by atoms with E-state index in [9.17, 15) is 15.0 Å². The molecule has 1 aromatic carbocycles. The summed E-state index contributed by atoms with van der Waals surface area (Å²) in [5, 5.41) is 19.5. The van der Waals surface area contributed by atoms with Gasteiger partial charge in [-0.05, 0) is 30.9 Å². The van der Waals surface area contributed by atoms with Crippen LogP contribution in [0.25, 0.3) is 10.9 Å². The molecule has 0 bridgehead atoms. The van der Waals surface area contributed by atoms with Crippen molar-refractivity contribution >= 4 is 22.6 Å². The number of carboxylic acid groups (broad SMARTS) is 1. The van der Waals surface area contributed by atoms with Gasteiger partial charge in [-0.3, -0.25) is 0 Å². The summed E-state index contributed by atoms with van der Waals surface area (Å²) in [6, 6.07) is 9.18. The van der Waals surface area contributed by atoms with Crippen molar-refractivity contribution in [3.8, 4) is 0 Å². The highest BCUT2D eigenvalue weighted by Crippen LogP contribution is 2.31. The first-order valence-corrected chi connectivity index (χ1v) is 7.07. The number of hydrogen-bond donors (Lipinski definition) is 2. The summed E-state index contributed by atoms with van der Waals surface area (Å²) in [6.45, 7) is 0.810. The fourth-order valence-corrected chi connectivity index (χ4v) is 2.92. The van der Waals surface area contributed by atoms with Crippen molar-refractivity contribution < 1.29 is 15.0 Å². The lowest BCUT2D eigenvalue weighted by molar-refractivity contribution is 0.0465. The van der Waals surface area contributed by atoms with Gasteiger partial charge in [-0.15, -0.1) is 0 Å². The molecule has 1 aliphatic rings. The van der Waals surface area contributed by atoms with Crippen LogP contribution < -0.4 is 4.90 Å². The van der Waals surface area contributed by atoms with Crippen molar-refractivity contribution in [1.82, 2.24) is 4.98 Å². The van der Waals surface area contributed by atoms with Gasteiger partial charge in [-0.2, -0.15) is 0 Å². The SMILES string of the molecule is CN(CC1CC(O)C1)c1cc(C(=O)O)nc2ccccc12. The summed E-state index contributed by atoms with van der Waals surface area (Å²) in [6.07, 6.45) is 1.46. The third kappa shape index (κ3) is 2.69. The Morgan fingerprint density at radius 3 is 2.76 bits per heavy atom. The minimum Gasteiger partial charge on any atom is -0.477 e. The standard InChI is InChI=1S/C16H18N2O3/c1-18(9-10-6-11(19)7-10)15-8-14(16(20)21)17-13-5-3-2-4-12(13)15/h2-5,8,10-11,19H,6-7,9H2,1H3,(H,20,21). The van der Waals surface area contributed by atoms with E-state index >= 15 is 0 Å². The minimum atomic E-state index is -1.02. The lowest BCUT2D eigenvalue weighted by atomic mass is 9.82. The van der Waals surface area contributed by atoms with Gasteiger partial charge in [0.1, 0.15) is 0 Å². The number of hydrogen-bond acceptors (Lipinski definition) is 4. The van der Waals surface area contributed by atoms with Gasteiger partial charge < -0.3 is 15.1 Å². The maximum absolute atomic E-state index is 11.2. The number of benzene rings is 1. The fourth-order valence-electron chi connectivity index (χ4n) is 2.92. The van der Waals surface area contributed by atoms with E-state index in [4.69, 9.17) is 0 Å². The molecular weight excluding hydrogens is 268 g/mol. The quantitative estimate of drug-likeness (QED) is 0.900. The van der Waals surface area contributed by atoms with E-state index in [-0.39, 0.29) is 11.8 Å². The summed E-state index contributed by atoms with van der Waals surface area (Å²) >= 11 is 0. The molecule has 0 aliphatic heterocycles. The molecule has 3 rings (SSSR count).